The Hall–Kier alpha value is -1.59. The highest BCUT2D eigenvalue weighted by atomic mass is 35.5. The van der Waals surface area contributed by atoms with Crippen LogP contribution in [-0.4, -0.2) is 21.2 Å². The van der Waals surface area contributed by atoms with Gasteiger partial charge < -0.3 is 0 Å². The van der Waals surface area contributed by atoms with E-state index in [1.807, 2.05) is 0 Å². The number of rotatable bonds is 4. The first-order valence-electron chi connectivity index (χ1n) is 5.14. The van der Waals surface area contributed by atoms with Gasteiger partial charge in [0.15, 0.2) is 0 Å². The highest BCUT2D eigenvalue weighted by Crippen LogP contribution is 2.32. The first-order valence-corrected chi connectivity index (χ1v) is 5.90. The Labute approximate surface area is 113 Å². The average molecular weight is 286 g/mol. The van der Waals surface area contributed by atoms with E-state index in [9.17, 15) is 10.1 Å². The molecule has 1 unspecified atom stereocenters. The quantitative estimate of drug-likeness (QED) is 0.641. The topological polar surface area (TPSA) is 61.0 Å². The summed E-state index contributed by atoms with van der Waals surface area (Å²) in [5, 5.41) is 15.6. The Balaban J connectivity index is 2.50. The standard InChI is InChI=1S/C11H9Cl2N3O2/c12-8-3-1-4-9(13)11(8)10(7-16(17)18)15-6-2-5-14-15/h1-6,10H,7H2. The van der Waals surface area contributed by atoms with Crippen molar-refractivity contribution in [3.8, 4) is 0 Å². The molecule has 0 aliphatic carbocycles. The van der Waals surface area contributed by atoms with Crippen LogP contribution in [-0.2, 0) is 0 Å². The van der Waals surface area contributed by atoms with Crippen LogP contribution in [0.1, 0.15) is 11.6 Å². The number of halogens is 2. The van der Waals surface area contributed by atoms with Crippen molar-refractivity contribution in [2.24, 2.45) is 0 Å². The molecule has 5 nitrogen and oxygen atoms in total. The summed E-state index contributed by atoms with van der Waals surface area (Å²) in [6.07, 6.45) is 3.20. The van der Waals surface area contributed by atoms with Crippen LogP contribution in [0.5, 0.6) is 0 Å². The molecule has 18 heavy (non-hydrogen) atoms. The zero-order valence-corrected chi connectivity index (χ0v) is 10.7. The van der Waals surface area contributed by atoms with Crippen molar-refractivity contribution < 1.29 is 4.92 Å². The van der Waals surface area contributed by atoms with Crippen LogP contribution in [0.3, 0.4) is 0 Å². The van der Waals surface area contributed by atoms with E-state index in [0.29, 0.717) is 15.6 Å². The third-order valence-corrected chi connectivity index (χ3v) is 3.16. The lowest BCUT2D eigenvalue weighted by atomic mass is 10.1. The van der Waals surface area contributed by atoms with Gasteiger partial charge in [-0.15, -0.1) is 0 Å². The van der Waals surface area contributed by atoms with Crippen LogP contribution in [0.2, 0.25) is 10.0 Å². The number of benzene rings is 1. The summed E-state index contributed by atoms with van der Waals surface area (Å²) >= 11 is 12.2. The average Bonchev–Trinajstić information content (AvgIpc) is 2.80. The van der Waals surface area contributed by atoms with E-state index in [1.165, 1.54) is 4.68 Å². The normalized spacial score (nSPS) is 12.3. The molecule has 0 N–H and O–H groups in total. The van der Waals surface area contributed by atoms with Crippen LogP contribution in [0, 0.1) is 10.1 Å². The van der Waals surface area contributed by atoms with Crippen molar-refractivity contribution in [2.45, 2.75) is 6.04 Å². The van der Waals surface area contributed by atoms with Crippen LogP contribution in [0.25, 0.3) is 0 Å². The number of nitro groups is 1. The van der Waals surface area contributed by atoms with Crippen LogP contribution in [0.4, 0.5) is 0 Å². The second-order valence-corrected chi connectivity index (χ2v) is 4.47. The molecule has 0 fully saturated rings. The molecule has 0 spiro atoms. The van der Waals surface area contributed by atoms with Gasteiger partial charge in [0, 0.05) is 32.9 Å². The van der Waals surface area contributed by atoms with Gasteiger partial charge in [-0.3, -0.25) is 14.8 Å². The van der Waals surface area contributed by atoms with Crippen molar-refractivity contribution in [3.63, 3.8) is 0 Å². The van der Waals surface area contributed by atoms with Crippen molar-refractivity contribution in [1.82, 2.24) is 9.78 Å². The Morgan fingerprint density at radius 1 is 1.33 bits per heavy atom. The molecular formula is C11H9Cl2N3O2. The SMILES string of the molecule is O=[N+]([O-])CC(c1c(Cl)cccc1Cl)n1cccn1. The first kappa shape index (κ1) is 12.9. The summed E-state index contributed by atoms with van der Waals surface area (Å²) in [5.74, 6) is 0. The highest BCUT2D eigenvalue weighted by Gasteiger charge is 2.25. The van der Waals surface area contributed by atoms with E-state index in [1.54, 1.807) is 36.7 Å². The van der Waals surface area contributed by atoms with E-state index in [-0.39, 0.29) is 6.54 Å². The van der Waals surface area contributed by atoms with Crippen LogP contribution >= 0.6 is 23.2 Å². The van der Waals surface area contributed by atoms with E-state index >= 15 is 0 Å². The van der Waals surface area contributed by atoms with E-state index < -0.39 is 11.0 Å². The number of nitrogens with zero attached hydrogens (tertiary/aromatic N) is 3. The molecule has 1 aromatic heterocycles. The van der Waals surface area contributed by atoms with E-state index in [4.69, 9.17) is 23.2 Å². The summed E-state index contributed by atoms with van der Waals surface area (Å²) < 4.78 is 1.48. The van der Waals surface area contributed by atoms with Gasteiger partial charge in [0.05, 0.1) is 0 Å². The second kappa shape index (κ2) is 5.37. The van der Waals surface area contributed by atoms with Gasteiger partial charge in [-0.25, -0.2) is 0 Å². The molecule has 2 aromatic rings. The molecule has 0 aliphatic rings. The summed E-state index contributed by atoms with van der Waals surface area (Å²) in [7, 11) is 0. The minimum Gasteiger partial charge on any atom is -0.264 e. The lowest BCUT2D eigenvalue weighted by Gasteiger charge is -2.16. The Kier molecular flexibility index (Phi) is 3.84. The first-order chi connectivity index (χ1) is 8.59. The van der Waals surface area contributed by atoms with Gasteiger partial charge in [-0.2, -0.15) is 5.10 Å². The van der Waals surface area contributed by atoms with Crippen LogP contribution < -0.4 is 0 Å². The minimum atomic E-state index is -0.615. The molecule has 1 atom stereocenters. The van der Waals surface area contributed by atoms with Gasteiger partial charge in [0.25, 0.3) is 0 Å². The van der Waals surface area contributed by atoms with Gasteiger partial charge in [0.2, 0.25) is 6.54 Å². The molecule has 7 heteroatoms. The predicted molar refractivity (Wildman–Crippen MR) is 68.7 cm³/mol. The highest BCUT2D eigenvalue weighted by molar-refractivity contribution is 6.36. The van der Waals surface area contributed by atoms with Gasteiger partial charge in [0.1, 0.15) is 6.04 Å². The Morgan fingerprint density at radius 2 is 2.00 bits per heavy atom. The second-order valence-electron chi connectivity index (χ2n) is 3.65. The maximum absolute atomic E-state index is 10.8. The summed E-state index contributed by atoms with van der Waals surface area (Å²) in [6, 6.07) is 6.08. The fourth-order valence-corrected chi connectivity index (χ4v) is 2.39. The van der Waals surface area contributed by atoms with Gasteiger partial charge in [-0.05, 0) is 18.2 Å². The fraction of sp³-hybridized carbons (Fsp3) is 0.182. The molecule has 0 bridgehead atoms. The van der Waals surface area contributed by atoms with Gasteiger partial charge >= 0.3 is 0 Å². The van der Waals surface area contributed by atoms with Crippen LogP contribution in [0.15, 0.2) is 36.7 Å². The maximum atomic E-state index is 10.8. The molecule has 1 aromatic carbocycles. The fourth-order valence-electron chi connectivity index (χ4n) is 1.74. The molecule has 0 saturated heterocycles. The minimum absolute atomic E-state index is 0.328. The molecule has 2 rings (SSSR count). The number of hydrogen-bond acceptors (Lipinski definition) is 3. The largest absolute Gasteiger partial charge is 0.264 e. The summed E-state index contributed by atoms with van der Waals surface area (Å²) in [6.45, 7) is -0.328. The zero-order chi connectivity index (χ0) is 13.1. The van der Waals surface area contributed by atoms with E-state index in [2.05, 4.69) is 5.10 Å². The summed E-state index contributed by atoms with van der Waals surface area (Å²) in [5.41, 5.74) is 0.515. The molecule has 0 saturated carbocycles. The lowest BCUT2D eigenvalue weighted by Crippen LogP contribution is -2.21. The Bertz CT molecular complexity index is 537. The van der Waals surface area contributed by atoms with Crippen molar-refractivity contribution >= 4 is 23.2 Å². The van der Waals surface area contributed by atoms with Crippen molar-refractivity contribution in [1.29, 1.82) is 0 Å². The third kappa shape index (κ3) is 2.63. The van der Waals surface area contributed by atoms with Crippen molar-refractivity contribution in [3.05, 3.63) is 62.4 Å². The smallest absolute Gasteiger partial charge is 0.230 e. The molecular weight excluding hydrogens is 277 g/mol. The predicted octanol–water partition coefficient (Wildman–Crippen LogP) is 3.06. The number of hydrogen-bond donors (Lipinski definition) is 0. The lowest BCUT2D eigenvalue weighted by molar-refractivity contribution is -0.484. The third-order valence-electron chi connectivity index (χ3n) is 2.50. The molecule has 0 aliphatic heterocycles. The Morgan fingerprint density at radius 3 is 2.50 bits per heavy atom. The molecule has 94 valence electrons. The molecule has 0 amide bonds. The van der Waals surface area contributed by atoms with Gasteiger partial charge in [-0.1, -0.05) is 29.3 Å². The van der Waals surface area contributed by atoms with Crippen molar-refractivity contribution in [2.75, 3.05) is 6.54 Å². The van der Waals surface area contributed by atoms with E-state index in [0.717, 1.165) is 0 Å². The molecule has 0 radical (unpaired) electrons. The molecule has 1 heterocycles. The summed E-state index contributed by atoms with van der Waals surface area (Å²) in [4.78, 5) is 10.4. The maximum Gasteiger partial charge on any atom is 0.230 e. The monoisotopic (exact) mass is 285 g/mol. The number of aromatic nitrogens is 2. The zero-order valence-electron chi connectivity index (χ0n) is 9.16.